The maximum Gasteiger partial charge on any atom is 0.248 e. The zero-order valence-corrected chi connectivity index (χ0v) is 74.4. The number of phenolic OH excluding ortho intramolecular Hbond substituents is 1. The highest BCUT2D eigenvalue weighted by molar-refractivity contribution is 8.00. The number of likely N-dealkylation sites (N-methyl/N-ethyl adjacent to an activating group) is 3. The second-order valence-electron chi connectivity index (χ2n) is 31.7. The van der Waals surface area contributed by atoms with Crippen LogP contribution in [0.4, 0.5) is 0 Å². The summed E-state index contributed by atoms with van der Waals surface area (Å²) in [7, 11) is 4.04. The fourth-order valence-electron chi connectivity index (χ4n) is 15.3. The Bertz CT molecular complexity index is 4960. The molecule has 3 aromatic carbocycles. The number of phenols is 1. The first-order valence-electron chi connectivity index (χ1n) is 42.4. The first kappa shape index (κ1) is 102. The van der Waals surface area contributed by atoms with Crippen molar-refractivity contribution in [3.8, 4) is 5.75 Å². The molecule has 46 heteroatoms. The Balaban J connectivity index is 1.02. The van der Waals surface area contributed by atoms with Gasteiger partial charge in [-0.1, -0.05) is 68.3 Å². The number of H-pyrrole nitrogens is 3. The number of fused-ring (bicyclic) bond motifs is 2. The van der Waals surface area contributed by atoms with Gasteiger partial charge in [-0.15, -0.1) is 11.8 Å². The zero-order chi connectivity index (χ0) is 95.0. The number of aromatic amines is 3. The number of carbonyl (C=O) groups excluding carboxylic acids is 16. The number of hydrogen-bond donors (Lipinski definition) is 23. The molecule has 5 heterocycles. The Morgan fingerprint density at radius 3 is 1.75 bits per heavy atom. The van der Waals surface area contributed by atoms with Crippen molar-refractivity contribution in [3.63, 3.8) is 0 Å². The van der Waals surface area contributed by atoms with Crippen molar-refractivity contribution in [3.05, 3.63) is 120 Å². The number of nitrogens with one attached hydrogen (secondary N) is 15. The second-order valence-corrected chi connectivity index (χ2v) is 33.7. The number of para-hydroxylation sites is 2. The smallest absolute Gasteiger partial charge is 0.248 e. The predicted molar refractivity (Wildman–Crippen MR) is 479 cm³/mol. The fourth-order valence-corrected chi connectivity index (χ4v) is 16.6. The van der Waals surface area contributed by atoms with Gasteiger partial charge in [-0.25, -0.2) is 4.98 Å². The van der Waals surface area contributed by atoms with Gasteiger partial charge in [-0.2, -0.15) is 11.8 Å². The molecule has 2 saturated heterocycles. The summed E-state index contributed by atoms with van der Waals surface area (Å²) in [6.45, 7) is -1.47. The van der Waals surface area contributed by atoms with Crippen LogP contribution in [-0.4, -0.2) is 329 Å². The summed E-state index contributed by atoms with van der Waals surface area (Å²) in [5.41, 5.74) is 25.3. The lowest BCUT2D eigenvalue weighted by atomic mass is 10.0. The van der Waals surface area contributed by atoms with Crippen LogP contribution in [0, 0.1) is 5.41 Å². The summed E-state index contributed by atoms with van der Waals surface area (Å²) >= 11 is 2.19. The number of hydrogen-bond acceptors (Lipinski definition) is 25. The SMILES string of the molecule is CCCC[C@@H](C(=O)N[C@@H](CCCNC(=N)N)C(=O)NC(CSCC(=O)N[C@@H](Cc1ccc(O)cc1)C(=O)NC)C(=O)NCC(N)=O)N(C)C(=O)[C@H](CCSC)N(C)C(=O)[C@H](Cc1c[nH]c2ccccc12)NC(=O)[C@H](CO)NC(=O)[C@H](Cc1c[nH]c2ccccc12)NC(=O)[C@@H]1C[C@@H](O)CN1C(=O)[C@H](CO)NC(=O)[C@H](Cc1cnc[nH]1)NC(=O)[C@@H]1CCCN1C(=O)[C@@H](N)CC(N)=O. The molecule has 2 aliphatic rings. The van der Waals surface area contributed by atoms with Gasteiger partial charge in [-0.3, -0.25) is 82.1 Å². The van der Waals surface area contributed by atoms with Gasteiger partial charge < -0.3 is 136 Å². The van der Waals surface area contributed by atoms with E-state index in [1.807, 2.05) is 6.92 Å². The van der Waals surface area contributed by atoms with Crippen LogP contribution in [0.15, 0.2) is 97.7 Å². The Morgan fingerprint density at radius 1 is 0.592 bits per heavy atom. The van der Waals surface area contributed by atoms with Crippen LogP contribution in [0.3, 0.4) is 0 Å². The molecule has 8 rings (SSSR count). The van der Waals surface area contributed by atoms with E-state index < -0.39 is 224 Å². The summed E-state index contributed by atoms with van der Waals surface area (Å²) in [5.74, 6) is -15.1. The minimum Gasteiger partial charge on any atom is -0.508 e. The number of benzene rings is 3. The van der Waals surface area contributed by atoms with Gasteiger partial charge in [0, 0.05) is 125 Å². The lowest BCUT2D eigenvalue weighted by molar-refractivity contribution is -0.149. The van der Waals surface area contributed by atoms with Gasteiger partial charge in [0.25, 0.3) is 0 Å². The van der Waals surface area contributed by atoms with E-state index in [0.717, 1.165) is 26.5 Å². The van der Waals surface area contributed by atoms with E-state index in [2.05, 4.69) is 78.4 Å². The third-order valence-corrected chi connectivity index (χ3v) is 23.9. The van der Waals surface area contributed by atoms with Crippen molar-refractivity contribution in [1.82, 2.24) is 98.0 Å². The number of thioether (sulfide) groups is 2. The molecular formula is C84H118N24O20S2. The average Bonchev–Trinajstić information content (AvgIpc) is 1.46. The molecule has 0 spiro atoms. The summed E-state index contributed by atoms with van der Waals surface area (Å²) in [5, 5.41) is 80.4. The molecule has 16 amide bonds. The van der Waals surface area contributed by atoms with Gasteiger partial charge in [0.05, 0.1) is 50.4 Å². The second kappa shape index (κ2) is 50.2. The zero-order valence-electron chi connectivity index (χ0n) is 72.8. The minimum atomic E-state index is -1.91. The van der Waals surface area contributed by atoms with Gasteiger partial charge >= 0.3 is 0 Å². The number of guanidine groups is 1. The summed E-state index contributed by atoms with van der Waals surface area (Å²) in [4.78, 5) is 244. The van der Waals surface area contributed by atoms with Crippen LogP contribution in [0.5, 0.6) is 5.75 Å². The molecule has 0 aliphatic carbocycles. The van der Waals surface area contributed by atoms with E-state index in [0.29, 0.717) is 63.5 Å². The molecule has 44 nitrogen and oxygen atoms in total. The molecule has 130 heavy (non-hydrogen) atoms. The maximum atomic E-state index is 15.7. The highest BCUT2D eigenvalue weighted by Gasteiger charge is 2.46. The quantitative estimate of drug-likeness (QED) is 0.00961. The topological polar surface area (TPSA) is 688 Å². The number of unbranched alkanes of at least 4 members (excludes halogenated alkanes) is 1. The van der Waals surface area contributed by atoms with Crippen LogP contribution in [0.1, 0.15) is 93.5 Å². The van der Waals surface area contributed by atoms with Gasteiger partial charge in [0.15, 0.2) is 5.96 Å². The molecular weight excluding hydrogens is 1730 g/mol. The molecule has 2 aliphatic heterocycles. The van der Waals surface area contributed by atoms with E-state index in [1.54, 1.807) is 79.3 Å². The predicted octanol–water partition coefficient (Wildman–Crippen LogP) is -5.69. The van der Waals surface area contributed by atoms with E-state index in [1.165, 1.54) is 62.5 Å². The van der Waals surface area contributed by atoms with Crippen molar-refractivity contribution in [1.29, 1.82) is 5.41 Å². The number of aliphatic hydroxyl groups is 3. The standard InChI is InChI=1S/C84H118N24O20S2/c1-6-7-19-64(77(122)98-56(18-12-26-92-84(88)89)73(118)104-63(72(117)95-38-69(87)114)42-130-43-70(115)97-57(71(116)90-2)29-45-21-23-49(111)24-22-45)105(3)83(128)66(25-28-129-5)106(4)81(126)60(31-47-36-94-55-17-11-9-15-52(47)55)101-76(121)61(40-109)102-74(119)58(30-46-35-93-54-16-10-8-14-51(46)54)99-79(124)67-33-50(112)39-108(67)82(127)62(41-110)103-75(120)59(32-48-37-91-44-96-48)100-78(123)65-20-13-27-107(65)80(125)53(85)34-68(86)113/h8-11,14-17,21-24,35-37,44,50,53,56-67,93-94,109-112H,6-7,12-13,18-20,25-34,38-43,85H2,1-5H3,(H2,86,113)(H2,87,114)(H,90,116)(H,91,96)(H,95,117)(H,97,115)(H,98,122)(H,99,124)(H,100,123)(H,101,121)(H,102,119)(H,103,120)(H,104,118)(H4,88,89,92)/t50-,53+,56+,57+,58+,59+,60+,61+,62+,63?,64+,65+,66+,67+/m1/s1. The van der Waals surface area contributed by atoms with Crippen molar-refractivity contribution in [2.24, 2.45) is 22.9 Å². The third-order valence-electron chi connectivity index (χ3n) is 22.2. The number of imidazole rings is 1. The van der Waals surface area contributed by atoms with Crippen LogP contribution < -0.4 is 81.4 Å². The fraction of sp³-hybridized carbons (Fsp3) is 0.500. The largest absolute Gasteiger partial charge is 0.508 e. The van der Waals surface area contributed by atoms with E-state index in [4.69, 9.17) is 28.3 Å². The van der Waals surface area contributed by atoms with Crippen molar-refractivity contribution >= 4 is 146 Å². The first-order valence-corrected chi connectivity index (χ1v) is 44.9. The van der Waals surface area contributed by atoms with E-state index >= 15 is 24.0 Å². The molecule has 706 valence electrons. The Morgan fingerprint density at radius 2 is 1.16 bits per heavy atom. The highest BCUT2D eigenvalue weighted by atomic mass is 32.2. The molecule has 2 fully saturated rings. The lowest BCUT2D eigenvalue weighted by Gasteiger charge is -2.36. The Hall–Kier alpha value is -12.9. The van der Waals surface area contributed by atoms with Crippen molar-refractivity contribution in [2.45, 2.75) is 181 Å². The number of carbonyl (C=O) groups is 16. The summed E-state index contributed by atoms with van der Waals surface area (Å²) in [6, 6.07) is 0.401. The number of nitrogens with zero attached hydrogens (tertiary/aromatic N) is 5. The molecule has 14 atom stereocenters. The number of rotatable bonds is 51. The lowest BCUT2D eigenvalue weighted by Crippen LogP contribution is -2.62. The maximum absolute atomic E-state index is 15.7. The number of aromatic hydroxyl groups is 1. The van der Waals surface area contributed by atoms with E-state index in [9.17, 15) is 73.2 Å². The van der Waals surface area contributed by atoms with Gasteiger partial charge in [0.1, 0.15) is 78.3 Å². The summed E-state index contributed by atoms with van der Waals surface area (Å²) in [6.07, 6.45) is 5.59. The van der Waals surface area contributed by atoms with Crippen molar-refractivity contribution < 1.29 is 97.1 Å². The van der Waals surface area contributed by atoms with Crippen LogP contribution >= 0.6 is 23.5 Å². The Labute approximate surface area is 756 Å². The van der Waals surface area contributed by atoms with E-state index in [-0.39, 0.29) is 93.9 Å². The highest BCUT2D eigenvalue weighted by Crippen LogP contribution is 2.27. The number of β-amino-alcohol motifs (C(OH)–C–C–N with tert-alkyl or cyclic N) is 1. The van der Waals surface area contributed by atoms with Gasteiger partial charge in [-0.05, 0) is 91.5 Å². The minimum absolute atomic E-state index is 0.00714. The third kappa shape index (κ3) is 29.3. The monoisotopic (exact) mass is 1850 g/mol. The van der Waals surface area contributed by atoms with Gasteiger partial charge in [0.2, 0.25) is 94.5 Å². The van der Waals surface area contributed by atoms with Crippen LogP contribution in [0.2, 0.25) is 0 Å². The first-order chi connectivity index (χ1) is 62.1. The van der Waals surface area contributed by atoms with Crippen LogP contribution in [-0.2, 0) is 102 Å². The number of nitrogens with two attached hydrogens (primary N) is 4. The average molecular weight is 1850 g/mol. The Kier molecular flexibility index (Phi) is 39.5. The van der Waals surface area contributed by atoms with Crippen LogP contribution in [0.25, 0.3) is 21.8 Å². The number of aliphatic hydroxyl groups excluding tert-OH is 3. The number of likely N-dealkylation sites (tertiary alicyclic amines) is 2. The molecule has 6 aromatic rings. The number of primary amides is 2. The molecule has 3 aromatic heterocycles. The molecule has 0 bridgehead atoms. The molecule has 0 saturated carbocycles. The molecule has 1 unspecified atom stereocenters. The number of amides is 16. The van der Waals surface area contributed by atoms with Crippen molar-refractivity contribution in [2.75, 3.05) is 84.1 Å². The number of aromatic nitrogens is 4. The molecule has 0 radical (unpaired) electrons. The normalized spacial score (nSPS) is 16.7. The molecule has 27 N–H and O–H groups in total. The summed E-state index contributed by atoms with van der Waals surface area (Å²) < 4.78 is 0.